The number of rotatable bonds is 3. The number of fused-ring (bicyclic) bond motifs is 1. The topological polar surface area (TPSA) is 47.8 Å². The Morgan fingerprint density at radius 2 is 2.39 bits per heavy atom. The lowest BCUT2D eigenvalue weighted by Crippen LogP contribution is -2.16. The molecule has 0 amide bonds. The van der Waals surface area contributed by atoms with E-state index >= 15 is 0 Å². The second-order valence-corrected chi connectivity index (χ2v) is 5.16. The Morgan fingerprint density at radius 3 is 3.06 bits per heavy atom. The van der Waals surface area contributed by atoms with Gasteiger partial charge < -0.3 is 9.72 Å². The molecular weight excluding hydrogens is 248 g/mol. The zero-order valence-electron chi connectivity index (χ0n) is 10.8. The molecule has 0 saturated carbocycles. The van der Waals surface area contributed by atoms with Gasteiger partial charge in [0.05, 0.1) is 18.3 Å². The van der Waals surface area contributed by atoms with Crippen molar-refractivity contribution in [2.24, 2.45) is 0 Å². The third-order valence-corrected chi connectivity index (χ3v) is 3.87. The molecule has 0 radical (unpaired) electrons. The summed E-state index contributed by atoms with van der Waals surface area (Å²) in [4.78, 5) is 3.26. The molecule has 1 fully saturated rings. The first-order chi connectivity index (χ1) is 8.70. The van der Waals surface area contributed by atoms with Gasteiger partial charge in [-0.15, -0.1) is 0 Å². The second-order valence-electron chi connectivity index (χ2n) is 4.78. The summed E-state index contributed by atoms with van der Waals surface area (Å²) < 4.78 is 10.6. The molecule has 1 atom stereocenters. The predicted molar refractivity (Wildman–Crippen MR) is 72.3 cm³/mol. The van der Waals surface area contributed by atoms with Crippen LogP contribution in [0.2, 0.25) is 0 Å². The fourth-order valence-corrected chi connectivity index (χ4v) is 2.91. The van der Waals surface area contributed by atoms with E-state index in [4.69, 9.17) is 17.0 Å². The lowest BCUT2D eigenvalue weighted by Gasteiger charge is -2.11. The lowest BCUT2D eigenvalue weighted by atomic mass is 10.2. The molecule has 2 aromatic rings. The van der Waals surface area contributed by atoms with Crippen LogP contribution >= 0.6 is 12.2 Å². The number of aromatic nitrogens is 4. The third kappa shape index (κ3) is 1.80. The molecule has 2 aromatic heterocycles. The van der Waals surface area contributed by atoms with Crippen LogP contribution in [0, 0.1) is 11.7 Å². The van der Waals surface area contributed by atoms with Gasteiger partial charge in [0.15, 0.2) is 10.4 Å². The van der Waals surface area contributed by atoms with Crippen molar-refractivity contribution in [1.29, 1.82) is 0 Å². The molecule has 3 rings (SSSR count). The molecule has 3 heterocycles. The van der Waals surface area contributed by atoms with E-state index in [1.807, 2.05) is 11.6 Å². The number of ether oxygens (including phenoxy) is 1. The molecule has 0 spiro atoms. The Bertz CT molecular complexity index is 618. The number of nitrogens with one attached hydrogen (secondary N) is 1. The fourth-order valence-electron chi connectivity index (χ4n) is 2.64. The molecule has 1 aliphatic rings. The summed E-state index contributed by atoms with van der Waals surface area (Å²) in [5, 5.41) is 4.52. The summed E-state index contributed by atoms with van der Waals surface area (Å²) in [5.41, 5.74) is 3.15. The second kappa shape index (κ2) is 4.51. The van der Waals surface area contributed by atoms with Gasteiger partial charge in [-0.3, -0.25) is 4.57 Å². The zero-order valence-corrected chi connectivity index (χ0v) is 11.6. The van der Waals surface area contributed by atoms with Crippen LogP contribution in [0.1, 0.15) is 25.5 Å². The highest BCUT2D eigenvalue weighted by Gasteiger charge is 2.20. The van der Waals surface area contributed by atoms with Gasteiger partial charge in [0.1, 0.15) is 5.52 Å². The summed E-state index contributed by atoms with van der Waals surface area (Å²) >= 11 is 5.42. The van der Waals surface area contributed by atoms with Crippen LogP contribution in [0.25, 0.3) is 11.2 Å². The Hall–Kier alpha value is -1.14. The van der Waals surface area contributed by atoms with E-state index in [2.05, 4.69) is 21.6 Å². The minimum atomic E-state index is 0.288. The normalized spacial score (nSPS) is 20.0. The molecule has 1 unspecified atom stereocenters. The molecule has 1 N–H and O–H groups in total. The van der Waals surface area contributed by atoms with E-state index in [0.717, 1.165) is 54.2 Å². The Labute approximate surface area is 111 Å². The van der Waals surface area contributed by atoms with Crippen molar-refractivity contribution in [2.75, 3.05) is 6.61 Å². The molecule has 98 valence electrons. The van der Waals surface area contributed by atoms with Crippen LogP contribution in [0.3, 0.4) is 0 Å². The SMILES string of the molecule is CCn1nc(C)c2[nH]c(=S)n(CC3CCCO3)c21. The number of aromatic amines is 1. The highest BCUT2D eigenvalue weighted by Crippen LogP contribution is 2.21. The smallest absolute Gasteiger partial charge is 0.179 e. The van der Waals surface area contributed by atoms with E-state index in [0.29, 0.717) is 0 Å². The van der Waals surface area contributed by atoms with Crippen molar-refractivity contribution >= 4 is 23.4 Å². The van der Waals surface area contributed by atoms with Gasteiger partial charge >= 0.3 is 0 Å². The number of hydrogen-bond acceptors (Lipinski definition) is 3. The van der Waals surface area contributed by atoms with Crippen LogP contribution < -0.4 is 0 Å². The van der Waals surface area contributed by atoms with Crippen LogP contribution in [0.4, 0.5) is 0 Å². The zero-order chi connectivity index (χ0) is 12.7. The van der Waals surface area contributed by atoms with E-state index < -0.39 is 0 Å². The molecule has 1 saturated heterocycles. The number of hydrogen-bond donors (Lipinski definition) is 1. The minimum absolute atomic E-state index is 0.288. The van der Waals surface area contributed by atoms with E-state index in [1.165, 1.54) is 0 Å². The van der Waals surface area contributed by atoms with Crippen LogP contribution in [0.5, 0.6) is 0 Å². The molecule has 5 nitrogen and oxygen atoms in total. The highest BCUT2D eigenvalue weighted by atomic mass is 32.1. The Kier molecular flexibility index (Phi) is 2.99. The van der Waals surface area contributed by atoms with Gasteiger partial charge in [0, 0.05) is 13.2 Å². The quantitative estimate of drug-likeness (QED) is 0.868. The van der Waals surface area contributed by atoms with Crippen molar-refractivity contribution < 1.29 is 4.74 Å². The van der Waals surface area contributed by atoms with E-state index in [-0.39, 0.29) is 6.10 Å². The molecule has 18 heavy (non-hydrogen) atoms. The summed E-state index contributed by atoms with van der Waals surface area (Å²) in [6.07, 6.45) is 2.56. The third-order valence-electron chi connectivity index (χ3n) is 3.54. The first-order valence-corrected chi connectivity index (χ1v) is 6.89. The minimum Gasteiger partial charge on any atom is -0.376 e. The molecule has 6 heteroatoms. The number of nitrogens with zero attached hydrogens (tertiary/aromatic N) is 3. The average molecular weight is 266 g/mol. The van der Waals surface area contributed by atoms with Gasteiger partial charge in [-0.1, -0.05) is 0 Å². The monoisotopic (exact) mass is 266 g/mol. The summed E-state index contributed by atoms with van der Waals surface area (Å²) in [7, 11) is 0. The van der Waals surface area contributed by atoms with Gasteiger partial charge in [-0.2, -0.15) is 5.10 Å². The van der Waals surface area contributed by atoms with Crippen molar-refractivity contribution in [1.82, 2.24) is 19.3 Å². The first kappa shape index (κ1) is 11.9. The van der Waals surface area contributed by atoms with Crippen LogP contribution in [-0.2, 0) is 17.8 Å². The maximum atomic E-state index is 5.70. The van der Waals surface area contributed by atoms with Gasteiger partial charge in [-0.05, 0) is 38.9 Å². The van der Waals surface area contributed by atoms with Crippen molar-refractivity contribution in [3.63, 3.8) is 0 Å². The summed E-state index contributed by atoms with van der Waals surface area (Å²) in [5.74, 6) is 0. The average Bonchev–Trinajstić information content (AvgIpc) is 3.02. The summed E-state index contributed by atoms with van der Waals surface area (Å²) in [6, 6.07) is 0. The molecule has 0 aliphatic carbocycles. The van der Waals surface area contributed by atoms with Crippen molar-refractivity contribution in [2.45, 2.75) is 45.9 Å². The van der Waals surface area contributed by atoms with Crippen LogP contribution in [-0.4, -0.2) is 32.0 Å². The van der Waals surface area contributed by atoms with E-state index in [1.54, 1.807) is 0 Å². The maximum absolute atomic E-state index is 5.70. The molecular formula is C12H18N4OS. The predicted octanol–water partition coefficient (Wildman–Crippen LogP) is 2.40. The number of aryl methyl sites for hydroxylation is 2. The molecule has 0 aromatic carbocycles. The summed E-state index contributed by atoms with van der Waals surface area (Å²) in [6.45, 7) is 6.65. The lowest BCUT2D eigenvalue weighted by molar-refractivity contribution is 0.0973. The van der Waals surface area contributed by atoms with Crippen LogP contribution in [0.15, 0.2) is 0 Å². The number of imidazole rings is 1. The van der Waals surface area contributed by atoms with Gasteiger partial charge in [0.2, 0.25) is 0 Å². The van der Waals surface area contributed by atoms with Crippen molar-refractivity contribution in [3.05, 3.63) is 10.5 Å². The Morgan fingerprint density at radius 1 is 1.56 bits per heavy atom. The largest absolute Gasteiger partial charge is 0.376 e. The van der Waals surface area contributed by atoms with Crippen molar-refractivity contribution in [3.8, 4) is 0 Å². The maximum Gasteiger partial charge on any atom is 0.179 e. The van der Waals surface area contributed by atoms with Gasteiger partial charge in [-0.25, -0.2) is 4.68 Å². The molecule has 1 aliphatic heterocycles. The Balaban J connectivity index is 2.08. The first-order valence-electron chi connectivity index (χ1n) is 6.48. The molecule has 0 bridgehead atoms. The fraction of sp³-hybridized carbons (Fsp3) is 0.667. The number of H-pyrrole nitrogens is 1. The van der Waals surface area contributed by atoms with Gasteiger partial charge in [0.25, 0.3) is 0 Å². The highest BCUT2D eigenvalue weighted by molar-refractivity contribution is 7.71. The standard InChI is InChI=1S/C12H18N4OS/c1-3-16-11-10(8(2)14-16)13-12(18)15(11)7-9-5-4-6-17-9/h9H,3-7H2,1-2H3,(H,13,18). The van der Waals surface area contributed by atoms with E-state index in [9.17, 15) is 0 Å².